The van der Waals surface area contributed by atoms with Crippen molar-refractivity contribution in [1.29, 1.82) is 0 Å². The summed E-state index contributed by atoms with van der Waals surface area (Å²) in [7, 11) is 0. The molecule has 1 aliphatic heterocycles. The standard InChI is InChI=1S/C53H37FN4/c54-39-25-27-41(28-26-39)57(40-18-8-3-9-19-40)43-34-55-52(56-35-43)36-24-31-51-47(32-36)46-21-11-13-23-50(46)58(51)42-29-30-45-44-20-10-12-22-48(44)53(49(45)33-42,37-14-4-1-5-15-37)38-16-6-2-7-17-38/h1-34,43H,35H2. The minimum Gasteiger partial charge on any atom is -0.331 e. The van der Waals surface area contributed by atoms with Gasteiger partial charge in [-0.05, 0) is 106 Å². The lowest BCUT2D eigenvalue weighted by Crippen LogP contribution is -2.37. The normalized spacial score (nSPS) is 15.3. The SMILES string of the molecule is Fc1ccc(N(c2ccccc2)C2C=NC(c3ccc4c(c3)c3ccccc3n4-c3ccc4c(c3)C(c3ccccc3)(c3ccccc3)c3ccccc3-4)=NC2)cc1. The molecule has 0 N–H and O–H groups in total. The Morgan fingerprint density at radius 1 is 0.534 bits per heavy atom. The first-order valence-corrected chi connectivity index (χ1v) is 19.8. The van der Waals surface area contributed by atoms with Crippen LogP contribution < -0.4 is 4.90 Å². The molecule has 8 aromatic carbocycles. The molecule has 1 aliphatic carbocycles. The fourth-order valence-electron chi connectivity index (χ4n) is 9.42. The van der Waals surface area contributed by atoms with Crippen LogP contribution in [0, 0.1) is 5.82 Å². The highest BCUT2D eigenvalue weighted by Crippen LogP contribution is 2.56. The molecule has 276 valence electrons. The largest absolute Gasteiger partial charge is 0.331 e. The Morgan fingerprint density at radius 2 is 1.16 bits per heavy atom. The van der Waals surface area contributed by atoms with Gasteiger partial charge in [0.25, 0.3) is 0 Å². The maximum Gasteiger partial charge on any atom is 0.154 e. The molecule has 0 amide bonds. The maximum absolute atomic E-state index is 13.9. The van der Waals surface area contributed by atoms with Crippen molar-refractivity contribution in [3.05, 3.63) is 234 Å². The number of nitrogens with zero attached hydrogens (tertiary/aromatic N) is 4. The van der Waals surface area contributed by atoms with Crippen LogP contribution in [-0.2, 0) is 5.41 Å². The number of anilines is 2. The number of benzene rings is 8. The zero-order valence-corrected chi connectivity index (χ0v) is 31.6. The van der Waals surface area contributed by atoms with Gasteiger partial charge in [-0.25, -0.2) is 9.38 Å². The summed E-state index contributed by atoms with van der Waals surface area (Å²) in [6.45, 7) is 0.507. The minimum absolute atomic E-state index is 0.132. The minimum atomic E-state index is -0.488. The molecule has 1 atom stereocenters. The van der Waals surface area contributed by atoms with Crippen molar-refractivity contribution in [2.45, 2.75) is 11.5 Å². The molecule has 0 bridgehead atoms. The van der Waals surface area contributed by atoms with Gasteiger partial charge in [0, 0.05) is 39.6 Å². The summed E-state index contributed by atoms with van der Waals surface area (Å²) in [6, 6.07) is 69.7. The van der Waals surface area contributed by atoms with Gasteiger partial charge in [0.15, 0.2) is 5.84 Å². The molecule has 11 rings (SSSR count). The van der Waals surface area contributed by atoms with Crippen molar-refractivity contribution in [2.75, 3.05) is 11.4 Å². The Kier molecular flexibility index (Phi) is 8.00. The van der Waals surface area contributed by atoms with Crippen molar-refractivity contribution in [1.82, 2.24) is 4.57 Å². The van der Waals surface area contributed by atoms with E-state index in [1.165, 1.54) is 50.9 Å². The summed E-state index contributed by atoms with van der Waals surface area (Å²) in [5.74, 6) is 0.438. The molecule has 2 heterocycles. The van der Waals surface area contributed by atoms with E-state index in [-0.39, 0.29) is 11.9 Å². The van der Waals surface area contributed by atoms with E-state index in [9.17, 15) is 4.39 Å². The van der Waals surface area contributed by atoms with Gasteiger partial charge in [0.05, 0.1) is 29.0 Å². The van der Waals surface area contributed by atoms with Crippen LogP contribution >= 0.6 is 0 Å². The second-order valence-corrected chi connectivity index (χ2v) is 15.0. The van der Waals surface area contributed by atoms with E-state index in [0.29, 0.717) is 12.4 Å². The molecule has 9 aromatic rings. The summed E-state index contributed by atoms with van der Waals surface area (Å²) >= 11 is 0. The lowest BCUT2D eigenvalue weighted by atomic mass is 9.67. The molecule has 58 heavy (non-hydrogen) atoms. The molecule has 0 saturated carbocycles. The predicted octanol–water partition coefficient (Wildman–Crippen LogP) is 12.3. The van der Waals surface area contributed by atoms with Crippen LogP contribution in [0.4, 0.5) is 15.8 Å². The lowest BCUT2D eigenvalue weighted by molar-refractivity contribution is 0.627. The lowest BCUT2D eigenvalue weighted by Gasteiger charge is -2.34. The summed E-state index contributed by atoms with van der Waals surface area (Å²) < 4.78 is 16.3. The Bertz CT molecular complexity index is 3000. The van der Waals surface area contributed by atoms with Crippen molar-refractivity contribution in [3.8, 4) is 16.8 Å². The molecule has 0 fully saturated rings. The van der Waals surface area contributed by atoms with E-state index < -0.39 is 5.41 Å². The second-order valence-electron chi connectivity index (χ2n) is 15.0. The zero-order chi connectivity index (χ0) is 38.6. The topological polar surface area (TPSA) is 32.9 Å². The van der Waals surface area contributed by atoms with Crippen LogP contribution in [-0.4, -0.2) is 29.2 Å². The van der Waals surface area contributed by atoms with Gasteiger partial charge in [-0.1, -0.05) is 127 Å². The third-order valence-corrected chi connectivity index (χ3v) is 11.9. The predicted molar refractivity (Wildman–Crippen MR) is 237 cm³/mol. The number of amidine groups is 1. The third kappa shape index (κ3) is 5.27. The van der Waals surface area contributed by atoms with Gasteiger partial charge in [-0.3, -0.25) is 4.99 Å². The van der Waals surface area contributed by atoms with E-state index in [4.69, 9.17) is 9.98 Å². The van der Waals surface area contributed by atoms with Gasteiger partial charge >= 0.3 is 0 Å². The molecule has 0 radical (unpaired) electrons. The highest BCUT2D eigenvalue weighted by molar-refractivity contribution is 6.13. The smallest absolute Gasteiger partial charge is 0.154 e. The van der Waals surface area contributed by atoms with Crippen LogP contribution in [0.3, 0.4) is 0 Å². The average molecular weight is 749 g/mol. The Hall–Kier alpha value is -7.37. The second kappa shape index (κ2) is 13.7. The van der Waals surface area contributed by atoms with Gasteiger partial charge in [-0.15, -0.1) is 0 Å². The first-order chi connectivity index (χ1) is 28.7. The number of hydrogen-bond donors (Lipinski definition) is 0. The van der Waals surface area contributed by atoms with E-state index in [2.05, 4.69) is 167 Å². The van der Waals surface area contributed by atoms with Gasteiger partial charge in [0.1, 0.15) is 5.82 Å². The summed E-state index contributed by atoms with van der Waals surface area (Å²) in [6.07, 6.45) is 1.97. The van der Waals surface area contributed by atoms with Crippen molar-refractivity contribution < 1.29 is 4.39 Å². The van der Waals surface area contributed by atoms with Crippen LogP contribution in [0.5, 0.6) is 0 Å². The van der Waals surface area contributed by atoms with Crippen LogP contribution in [0.15, 0.2) is 210 Å². The summed E-state index contributed by atoms with van der Waals surface area (Å²) in [4.78, 5) is 12.2. The molecular weight excluding hydrogens is 712 g/mol. The van der Waals surface area contributed by atoms with Crippen molar-refractivity contribution >= 4 is 45.2 Å². The number of rotatable bonds is 7. The molecule has 5 heteroatoms. The summed E-state index contributed by atoms with van der Waals surface area (Å²) in [5, 5.41) is 2.32. The van der Waals surface area contributed by atoms with Crippen molar-refractivity contribution in [3.63, 3.8) is 0 Å². The summed E-state index contributed by atoms with van der Waals surface area (Å²) in [5.41, 5.74) is 13.3. The fourth-order valence-corrected chi connectivity index (χ4v) is 9.42. The van der Waals surface area contributed by atoms with E-state index in [1.807, 2.05) is 36.5 Å². The number of para-hydroxylation sites is 2. The maximum atomic E-state index is 13.9. The quantitative estimate of drug-likeness (QED) is 0.160. The number of halogens is 1. The highest BCUT2D eigenvalue weighted by atomic mass is 19.1. The van der Waals surface area contributed by atoms with Gasteiger partial charge < -0.3 is 9.47 Å². The Labute approximate surface area is 336 Å². The van der Waals surface area contributed by atoms with Crippen LogP contribution in [0.2, 0.25) is 0 Å². The Morgan fingerprint density at radius 3 is 1.88 bits per heavy atom. The number of aromatic nitrogens is 1. The molecule has 1 aromatic heterocycles. The number of fused-ring (bicyclic) bond motifs is 6. The van der Waals surface area contributed by atoms with Crippen LogP contribution in [0.1, 0.15) is 27.8 Å². The molecular formula is C53H37FN4. The van der Waals surface area contributed by atoms with Crippen molar-refractivity contribution in [2.24, 2.45) is 9.98 Å². The third-order valence-electron chi connectivity index (χ3n) is 11.9. The van der Waals surface area contributed by atoms with E-state index in [1.54, 1.807) is 0 Å². The van der Waals surface area contributed by atoms with Gasteiger partial charge in [-0.2, -0.15) is 0 Å². The van der Waals surface area contributed by atoms with E-state index >= 15 is 0 Å². The zero-order valence-electron chi connectivity index (χ0n) is 31.6. The first kappa shape index (κ1) is 33.9. The van der Waals surface area contributed by atoms with Gasteiger partial charge in [0.2, 0.25) is 0 Å². The molecule has 0 saturated heterocycles. The molecule has 1 unspecified atom stereocenters. The number of hydrogen-bond acceptors (Lipinski definition) is 3. The average Bonchev–Trinajstić information content (AvgIpc) is 3.78. The van der Waals surface area contributed by atoms with Crippen LogP contribution in [0.25, 0.3) is 38.6 Å². The fraction of sp³-hybridized carbons (Fsp3) is 0.0566. The molecule has 0 spiro atoms. The molecule has 2 aliphatic rings. The Balaban J connectivity index is 1.02. The monoisotopic (exact) mass is 748 g/mol. The van der Waals surface area contributed by atoms with E-state index in [0.717, 1.165) is 39.0 Å². The highest BCUT2D eigenvalue weighted by Gasteiger charge is 2.46. The number of aliphatic imine (C=N–C) groups is 2. The molecule has 4 nitrogen and oxygen atoms in total. The first-order valence-electron chi connectivity index (χ1n) is 19.8.